The summed E-state index contributed by atoms with van der Waals surface area (Å²) in [6.45, 7) is 29.5. The molecule has 2 heteroatoms. The largest absolute Gasteiger partial charge is 0.507 e. The van der Waals surface area contributed by atoms with Crippen LogP contribution in [0.5, 0.6) is 11.5 Å². The lowest BCUT2D eigenvalue weighted by molar-refractivity contribution is 0.437. The Balaban J connectivity index is 0.000000811. The van der Waals surface area contributed by atoms with Gasteiger partial charge in [-0.3, -0.25) is 0 Å². The van der Waals surface area contributed by atoms with Crippen LogP contribution in [-0.2, 0) is 36.5 Å². The van der Waals surface area contributed by atoms with Crippen LogP contribution in [0, 0.1) is 5.92 Å². The second-order valence-electron chi connectivity index (χ2n) is 13.2. The average molecular weight is 523 g/mol. The van der Waals surface area contributed by atoms with Gasteiger partial charge in [-0.05, 0) is 90.4 Å². The Kier molecular flexibility index (Phi) is 12.7. The van der Waals surface area contributed by atoms with E-state index in [0.29, 0.717) is 11.5 Å². The highest BCUT2D eigenvalue weighted by molar-refractivity contribution is 5.86. The third-order valence-electron chi connectivity index (χ3n) is 7.11. The fourth-order valence-corrected chi connectivity index (χ4v) is 5.47. The molecule has 2 aliphatic rings. The Morgan fingerprint density at radius 3 is 1.13 bits per heavy atom. The number of aryl methyl sites for hydroxylation is 2. The molecule has 0 aromatic heterocycles. The van der Waals surface area contributed by atoms with E-state index in [2.05, 4.69) is 87.6 Å². The Morgan fingerprint density at radius 2 is 0.868 bits per heavy atom. The molecule has 2 aromatic rings. The van der Waals surface area contributed by atoms with Gasteiger partial charge in [-0.15, -0.1) is 13.2 Å². The maximum atomic E-state index is 11.6. The number of fused-ring (bicyclic) bond motifs is 2. The van der Waals surface area contributed by atoms with E-state index in [-0.39, 0.29) is 10.8 Å². The predicted molar refractivity (Wildman–Crippen MR) is 169 cm³/mol. The minimum Gasteiger partial charge on any atom is -0.507 e. The molecule has 214 valence electrons. The molecule has 0 spiro atoms. The van der Waals surface area contributed by atoms with Gasteiger partial charge in [-0.25, -0.2) is 0 Å². The van der Waals surface area contributed by atoms with Gasteiger partial charge in [0.15, 0.2) is 0 Å². The van der Waals surface area contributed by atoms with Crippen molar-refractivity contribution in [3.63, 3.8) is 0 Å². The molecule has 0 fully saturated rings. The van der Waals surface area contributed by atoms with Gasteiger partial charge in [0, 0.05) is 22.3 Å². The fraction of sp³-hybridized carbons (Fsp3) is 0.611. The molecular weight excluding hydrogens is 464 g/mol. The summed E-state index contributed by atoms with van der Waals surface area (Å²) in [7, 11) is 0. The second-order valence-corrected chi connectivity index (χ2v) is 13.2. The molecule has 2 aromatic carbocycles. The van der Waals surface area contributed by atoms with Gasteiger partial charge in [0.25, 0.3) is 0 Å². The standard InChI is InChI=1S/C28H38O2.C4H10.C2H6.C2H4/c1-27(2,3)21-15-17-11-7-9-13-19(17)23(25(21)29)24-20-14-10-8-12-18(20)16-22(26(24)30)28(4,5)6;1-4(2)3;2*1-2/h15-16,29-30H,7-14H2,1-6H3;4H,1-3H3;1-2H3;1-2H2. The molecular formula is C36H58O2. The molecule has 0 atom stereocenters. The molecule has 0 unspecified atom stereocenters. The highest BCUT2D eigenvalue weighted by Crippen LogP contribution is 2.51. The van der Waals surface area contributed by atoms with Gasteiger partial charge in [-0.1, -0.05) is 88.3 Å². The van der Waals surface area contributed by atoms with Crippen molar-refractivity contribution in [2.75, 3.05) is 0 Å². The monoisotopic (exact) mass is 522 g/mol. The Labute approximate surface area is 235 Å². The molecule has 0 bridgehead atoms. The van der Waals surface area contributed by atoms with Crippen LogP contribution in [0.1, 0.15) is 135 Å². The van der Waals surface area contributed by atoms with E-state index in [1.54, 1.807) is 0 Å². The van der Waals surface area contributed by atoms with Crippen LogP contribution in [0.15, 0.2) is 25.3 Å². The number of phenols is 2. The summed E-state index contributed by atoms with van der Waals surface area (Å²) in [4.78, 5) is 0. The minimum atomic E-state index is -0.150. The van der Waals surface area contributed by atoms with Crippen molar-refractivity contribution in [3.05, 3.63) is 58.7 Å². The van der Waals surface area contributed by atoms with E-state index in [0.717, 1.165) is 66.7 Å². The Morgan fingerprint density at radius 1 is 0.605 bits per heavy atom. The highest BCUT2D eigenvalue weighted by atomic mass is 16.3. The smallest absolute Gasteiger partial charge is 0.127 e. The quantitative estimate of drug-likeness (QED) is 0.366. The van der Waals surface area contributed by atoms with E-state index >= 15 is 0 Å². The Bertz CT molecular complexity index is 961. The minimum absolute atomic E-state index is 0.150. The molecule has 0 aliphatic heterocycles. The summed E-state index contributed by atoms with van der Waals surface area (Å²) in [6, 6.07) is 4.48. The van der Waals surface area contributed by atoms with E-state index < -0.39 is 0 Å². The first kappa shape index (κ1) is 33.8. The first-order valence-corrected chi connectivity index (χ1v) is 15.0. The zero-order chi connectivity index (χ0) is 29.4. The van der Waals surface area contributed by atoms with Crippen molar-refractivity contribution in [1.82, 2.24) is 0 Å². The number of hydrogen-bond donors (Lipinski definition) is 2. The van der Waals surface area contributed by atoms with Gasteiger partial charge >= 0.3 is 0 Å². The number of hydrogen-bond acceptors (Lipinski definition) is 2. The third kappa shape index (κ3) is 7.90. The van der Waals surface area contributed by atoms with Crippen LogP contribution in [0.25, 0.3) is 11.1 Å². The van der Waals surface area contributed by atoms with Crippen LogP contribution < -0.4 is 0 Å². The van der Waals surface area contributed by atoms with E-state index in [4.69, 9.17) is 0 Å². The SMILES string of the molecule is C=C.CC.CC(C)(C)c1cc2c(c(-c3c(O)c(C(C)(C)C)cc4c3CCCC4)c1O)CCCC2.CC(C)C. The van der Waals surface area contributed by atoms with Crippen molar-refractivity contribution in [1.29, 1.82) is 0 Å². The second kappa shape index (κ2) is 14.2. The van der Waals surface area contributed by atoms with Crippen LogP contribution in [0.2, 0.25) is 0 Å². The zero-order valence-electron chi connectivity index (χ0n) is 26.7. The number of phenolic OH excluding ortho intramolecular Hbond substituents is 2. The summed E-state index contributed by atoms with van der Waals surface area (Å²) < 4.78 is 0. The lowest BCUT2D eigenvalue weighted by Crippen LogP contribution is -2.18. The van der Waals surface area contributed by atoms with E-state index in [1.165, 1.54) is 35.1 Å². The lowest BCUT2D eigenvalue weighted by Gasteiger charge is -2.32. The summed E-state index contributed by atoms with van der Waals surface area (Å²) >= 11 is 0. The highest BCUT2D eigenvalue weighted by Gasteiger charge is 2.32. The van der Waals surface area contributed by atoms with Crippen molar-refractivity contribution in [3.8, 4) is 22.6 Å². The molecule has 2 N–H and O–H groups in total. The van der Waals surface area contributed by atoms with Crippen LogP contribution in [-0.4, -0.2) is 10.2 Å². The first-order valence-electron chi connectivity index (χ1n) is 15.0. The summed E-state index contributed by atoms with van der Waals surface area (Å²) in [5.74, 6) is 1.61. The third-order valence-corrected chi connectivity index (χ3v) is 7.11. The molecule has 0 amide bonds. The molecule has 0 saturated carbocycles. The van der Waals surface area contributed by atoms with Crippen molar-refractivity contribution in [2.24, 2.45) is 5.92 Å². The van der Waals surface area contributed by atoms with E-state index in [9.17, 15) is 10.2 Å². The fourth-order valence-electron chi connectivity index (χ4n) is 5.47. The van der Waals surface area contributed by atoms with Crippen LogP contribution in [0.3, 0.4) is 0 Å². The van der Waals surface area contributed by atoms with Gasteiger partial charge in [-0.2, -0.15) is 0 Å². The number of benzene rings is 2. The van der Waals surface area contributed by atoms with Gasteiger partial charge < -0.3 is 10.2 Å². The average Bonchev–Trinajstić information content (AvgIpc) is 2.85. The Hall–Kier alpha value is -2.22. The lowest BCUT2D eigenvalue weighted by atomic mass is 9.73. The molecule has 38 heavy (non-hydrogen) atoms. The molecule has 0 heterocycles. The predicted octanol–water partition coefficient (Wildman–Crippen LogP) is 10.6. The summed E-state index contributed by atoms with van der Waals surface area (Å²) in [6.07, 6.45) is 8.79. The summed E-state index contributed by atoms with van der Waals surface area (Å²) in [5.41, 5.74) is 8.82. The molecule has 0 radical (unpaired) electrons. The normalized spacial score (nSPS) is 14.5. The van der Waals surface area contributed by atoms with E-state index in [1.807, 2.05) is 13.8 Å². The molecule has 2 nitrogen and oxygen atoms in total. The van der Waals surface area contributed by atoms with Crippen LogP contribution >= 0.6 is 0 Å². The van der Waals surface area contributed by atoms with Crippen molar-refractivity contribution in [2.45, 2.75) is 138 Å². The van der Waals surface area contributed by atoms with Crippen LogP contribution in [0.4, 0.5) is 0 Å². The first-order chi connectivity index (χ1) is 17.7. The van der Waals surface area contributed by atoms with Crippen molar-refractivity contribution >= 4 is 0 Å². The zero-order valence-corrected chi connectivity index (χ0v) is 26.7. The molecule has 4 rings (SSSR count). The number of rotatable bonds is 1. The number of aromatic hydroxyl groups is 2. The summed E-state index contributed by atoms with van der Waals surface area (Å²) in [5, 5.41) is 23.3. The topological polar surface area (TPSA) is 40.5 Å². The maximum absolute atomic E-state index is 11.6. The maximum Gasteiger partial charge on any atom is 0.127 e. The molecule has 2 aliphatic carbocycles. The van der Waals surface area contributed by atoms with Gasteiger partial charge in [0.1, 0.15) is 11.5 Å². The van der Waals surface area contributed by atoms with Gasteiger partial charge in [0.2, 0.25) is 0 Å². The molecule has 0 saturated heterocycles. The van der Waals surface area contributed by atoms with Gasteiger partial charge in [0.05, 0.1) is 0 Å². The van der Waals surface area contributed by atoms with Crippen molar-refractivity contribution < 1.29 is 10.2 Å².